The Balaban J connectivity index is 1.95. The molecule has 0 fully saturated rings. The molecule has 7 heteroatoms. The average molecular weight is 394 g/mol. The number of halogens is 1. The zero-order valence-electron chi connectivity index (χ0n) is 14.5. The van der Waals surface area contributed by atoms with Crippen LogP contribution in [0.5, 0.6) is 0 Å². The number of hydrogen-bond donors (Lipinski definition) is 1. The van der Waals surface area contributed by atoms with Crippen LogP contribution in [0.4, 0.5) is 0 Å². The molecule has 2 aromatic rings. The number of carbonyl (C=O) groups excluding carboxylic acids is 2. The van der Waals surface area contributed by atoms with Crippen LogP contribution >= 0.6 is 11.6 Å². The number of rotatable bonds is 7. The number of benzene rings is 2. The molecule has 0 saturated heterocycles. The lowest BCUT2D eigenvalue weighted by Gasteiger charge is -2.15. The summed E-state index contributed by atoms with van der Waals surface area (Å²) in [5.41, 5.74) is 1.06. The molecule has 0 spiro atoms. The van der Waals surface area contributed by atoms with Crippen molar-refractivity contribution in [3.8, 4) is 0 Å². The highest BCUT2D eigenvalue weighted by Gasteiger charge is 2.18. The summed E-state index contributed by atoms with van der Waals surface area (Å²) in [6, 6.07) is 13.4. The number of carbonyl (C=O) groups is 2. The summed E-state index contributed by atoms with van der Waals surface area (Å²) >= 11 is 5.94. The summed E-state index contributed by atoms with van der Waals surface area (Å²) in [4.78, 5) is 24.7. The minimum atomic E-state index is -1.29. The Kier molecular flexibility index (Phi) is 7.36. The SMILES string of the molecule is CC[S@@](=O)c1ccccc1C(=O)OCC(=O)N[C@@H](C)c1cccc(Cl)c1. The van der Waals surface area contributed by atoms with Crippen molar-refractivity contribution in [3.63, 3.8) is 0 Å². The Hall–Kier alpha value is -2.18. The number of nitrogens with one attached hydrogen (secondary N) is 1. The predicted molar refractivity (Wildman–Crippen MR) is 102 cm³/mol. The molecule has 1 amide bonds. The van der Waals surface area contributed by atoms with E-state index < -0.39 is 29.3 Å². The van der Waals surface area contributed by atoms with Gasteiger partial charge in [0.2, 0.25) is 0 Å². The lowest BCUT2D eigenvalue weighted by Crippen LogP contribution is -2.31. The first-order chi connectivity index (χ1) is 12.4. The van der Waals surface area contributed by atoms with E-state index in [0.717, 1.165) is 5.56 Å². The molecule has 0 bridgehead atoms. The smallest absolute Gasteiger partial charge is 0.339 e. The molecule has 2 rings (SSSR count). The van der Waals surface area contributed by atoms with Gasteiger partial charge in [0.15, 0.2) is 6.61 Å². The Labute approximate surface area is 160 Å². The first-order valence-electron chi connectivity index (χ1n) is 8.11. The first kappa shape index (κ1) is 20.1. The Morgan fingerprint density at radius 1 is 1.19 bits per heavy atom. The van der Waals surface area contributed by atoms with Crippen molar-refractivity contribution < 1.29 is 18.5 Å². The third kappa shape index (κ3) is 5.41. The van der Waals surface area contributed by atoms with Crippen LogP contribution in [0.25, 0.3) is 0 Å². The van der Waals surface area contributed by atoms with Crippen molar-refractivity contribution in [2.24, 2.45) is 0 Å². The first-order valence-corrected chi connectivity index (χ1v) is 9.81. The zero-order chi connectivity index (χ0) is 19.1. The Bertz CT molecular complexity index is 825. The molecule has 0 radical (unpaired) electrons. The number of esters is 1. The quantitative estimate of drug-likeness (QED) is 0.731. The van der Waals surface area contributed by atoms with E-state index in [1.807, 2.05) is 13.0 Å². The van der Waals surface area contributed by atoms with E-state index in [1.54, 1.807) is 43.3 Å². The van der Waals surface area contributed by atoms with Gasteiger partial charge in [0.1, 0.15) is 0 Å². The largest absolute Gasteiger partial charge is 0.452 e. The van der Waals surface area contributed by atoms with E-state index in [-0.39, 0.29) is 11.6 Å². The lowest BCUT2D eigenvalue weighted by molar-refractivity contribution is -0.124. The molecule has 26 heavy (non-hydrogen) atoms. The Morgan fingerprint density at radius 2 is 1.92 bits per heavy atom. The van der Waals surface area contributed by atoms with Crippen molar-refractivity contribution in [2.75, 3.05) is 12.4 Å². The third-order valence-electron chi connectivity index (χ3n) is 3.67. The molecular weight excluding hydrogens is 374 g/mol. The normalized spacial score (nSPS) is 12.9. The van der Waals surface area contributed by atoms with E-state index in [2.05, 4.69) is 5.32 Å². The van der Waals surface area contributed by atoms with Gasteiger partial charge < -0.3 is 10.1 Å². The van der Waals surface area contributed by atoms with Crippen molar-refractivity contribution in [1.29, 1.82) is 0 Å². The van der Waals surface area contributed by atoms with Crippen molar-refractivity contribution >= 4 is 34.3 Å². The van der Waals surface area contributed by atoms with Crippen LogP contribution < -0.4 is 5.32 Å². The molecule has 138 valence electrons. The van der Waals surface area contributed by atoms with Gasteiger partial charge in [0.25, 0.3) is 5.91 Å². The van der Waals surface area contributed by atoms with E-state index in [4.69, 9.17) is 16.3 Å². The van der Waals surface area contributed by atoms with Gasteiger partial charge in [-0.3, -0.25) is 9.00 Å². The van der Waals surface area contributed by atoms with Gasteiger partial charge >= 0.3 is 5.97 Å². The zero-order valence-corrected chi connectivity index (χ0v) is 16.1. The predicted octanol–water partition coefficient (Wildman–Crippen LogP) is 3.50. The maximum absolute atomic E-state index is 12.2. The number of amides is 1. The third-order valence-corrected chi connectivity index (χ3v) is 5.28. The summed E-state index contributed by atoms with van der Waals surface area (Å²) in [7, 11) is -1.29. The van der Waals surface area contributed by atoms with Crippen LogP contribution in [0.2, 0.25) is 5.02 Å². The fraction of sp³-hybridized carbons (Fsp3) is 0.263. The van der Waals surface area contributed by atoms with E-state index >= 15 is 0 Å². The van der Waals surface area contributed by atoms with Crippen molar-refractivity contribution in [1.82, 2.24) is 5.32 Å². The van der Waals surface area contributed by atoms with Crippen LogP contribution in [0.15, 0.2) is 53.4 Å². The van der Waals surface area contributed by atoms with Crippen molar-refractivity contribution in [2.45, 2.75) is 24.8 Å². The Morgan fingerprint density at radius 3 is 2.62 bits per heavy atom. The molecule has 2 atom stereocenters. The summed E-state index contributed by atoms with van der Waals surface area (Å²) in [5, 5.41) is 3.32. The second kappa shape index (κ2) is 9.50. The minimum Gasteiger partial charge on any atom is -0.452 e. The second-order valence-electron chi connectivity index (χ2n) is 5.55. The summed E-state index contributed by atoms with van der Waals surface area (Å²) in [6.45, 7) is 3.16. The molecule has 0 aromatic heterocycles. The van der Waals surface area contributed by atoms with Gasteiger partial charge in [-0.05, 0) is 36.8 Å². The fourth-order valence-electron chi connectivity index (χ4n) is 2.34. The lowest BCUT2D eigenvalue weighted by atomic mass is 10.1. The van der Waals surface area contributed by atoms with Crippen LogP contribution in [0, 0.1) is 0 Å². The maximum Gasteiger partial charge on any atom is 0.339 e. The summed E-state index contributed by atoms with van der Waals surface area (Å²) in [6.07, 6.45) is 0. The molecule has 2 aromatic carbocycles. The molecule has 1 N–H and O–H groups in total. The van der Waals surface area contributed by atoms with Crippen molar-refractivity contribution in [3.05, 3.63) is 64.7 Å². The molecular formula is C19H20ClNO4S. The van der Waals surface area contributed by atoms with Gasteiger partial charge in [-0.1, -0.05) is 42.8 Å². The summed E-state index contributed by atoms with van der Waals surface area (Å²) in [5.74, 6) is -0.713. The highest BCUT2D eigenvalue weighted by molar-refractivity contribution is 7.85. The molecule has 0 unspecified atom stereocenters. The minimum absolute atomic E-state index is 0.211. The number of ether oxygens (including phenoxy) is 1. The van der Waals surface area contributed by atoms with E-state index in [0.29, 0.717) is 15.7 Å². The fourth-order valence-corrected chi connectivity index (χ4v) is 3.48. The van der Waals surface area contributed by atoms with Gasteiger partial charge in [0.05, 0.1) is 27.3 Å². The highest BCUT2D eigenvalue weighted by atomic mass is 35.5. The molecule has 5 nitrogen and oxygen atoms in total. The van der Waals surface area contributed by atoms with E-state index in [1.165, 1.54) is 6.07 Å². The summed E-state index contributed by atoms with van der Waals surface area (Å²) < 4.78 is 17.1. The van der Waals surface area contributed by atoms with Crippen LogP contribution in [-0.2, 0) is 20.3 Å². The molecule has 0 saturated carbocycles. The number of hydrogen-bond acceptors (Lipinski definition) is 4. The topological polar surface area (TPSA) is 72.5 Å². The second-order valence-corrected chi connectivity index (χ2v) is 7.70. The van der Waals surface area contributed by atoms with Crippen LogP contribution in [0.3, 0.4) is 0 Å². The van der Waals surface area contributed by atoms with Gasteiger partial charge in [0, 0.05) is 10.8 Å². The molecule has 0 aliphatic heterocycles. The van der Waals surface area contributed by atoms with E-state index in [9.17, 15) is 13.8 Å². The molecule has 0 aliphatic rings. The monoisotopic (exact) mass is 393 g/mol. The highest BCUT2D eigenvalue weighted by Crippen LogP contribution is 2.18. The maximum atomic E-state index is 12.2. The van der Waals surface area contributed by atoms with Crippen LogP contribution in [-0.4, -0.2) is 28.4 Å². The van der Waals surface area contributed by atoms with Gasteiger partial charge in [-0.2, -0.15) is 0 Å². The average Bonchev–Trinajstić information content (AvgIpc) is 2.65. The molecule has 0 aliphatic carbocycles. The van der Waals surface area contributed by atoms with Gasteiger partial charge in [-0.25, -0.2) is 4.79 Å². The van der Waals surface area contributed by atoms with Crippen LogP contribution in [0.1, 0.15) is 35.8 Å². The van der Waals surface area contributed by atoms with Gasteiger partial charge in [-0.15, -0.1) is 0 Å². The molecule has 0 heterocycles. The standard InChI is InChI=1S/C19H20ClNO4S/c1-3-26(24)17-10-5-4-9-16(17)19(23)25-12-18(22)21-13(2)14-7-6-8-15(20)11-14/h4-11,13H,3,12H2,1-2H3,(H,21,22)/t13-,26+/m0/s1.